The van der Waals surface area contributed by atoms with Crippen molar-refractivity contribution < 1.29 is 9.84 Å². The Kier molecular flexibility index (Phi) is 5.73. The van der Waals surface area contributed by atoms with Gasteiger partial charge >= 0.3 is 0 Å². The van der Waals surface area contributed by atoms with Gasteiger partial charge in [0.25, 0.3) is 0 Å². The number of ether oxygens (including phenoxy) is 1. The van der Waals surface area contributed by atoms with Crippen LogP contribution in [0, 0.1) is 0 Å². The molecule has 0 amide bonds. The van der Waals surface area contributed by atoms with Crippen molar-refractivity contribution in [1.29, 1.82) is 0 Å². The molecule has 114 valence electrons. The minimum Gasteiger partial charge on any atom is -0.504 e. The largest absolute Gasteiger partial charge is 0.504 e. The van der Waals surface area contributed by atoms with Crippen molar-refractivity contribution in [3.05, 3.63) is 59.7 Å². The van der Waals surface area contributed by atoms with Crippen LogP contribution in [0.5, 0.6) is 11.5 Å². The van der Waals surface area contributed by atoms with Gasteiger partial charge in [-0.15, -0.1) is 0 Å². The Bertz CT molecular complexity index is 660. The van der Waals surface area contributed by atoms with Gasteiger partial charge in [0, 0.05) is 6.54 Å². The van der Waals surface area contributed by atoms with Crippen molar-refractivity contribution in [3.63, 3.8) is 0 Å². The number of phenols is 1. The number of benzene rings is 2. The molecule has 2 aromatic rings. The van der Waals surface area contributed by atoms with Gasteiger partial charge in [-0.05, 0) is 41.5 Å². The summed E-state index contributed by atoms with van der Waals surface area (Å²) in [6.07, 6.45) is 1.57. The predicted octanol–water partition coefficient (Wildman–Crippen LogP) is 2.40. The highest BCUT2D eigenvalue weighted by atomic mass is 32.1. The highest BCUT2D eigenvalue weighted by molar-refractivity contribution is 7.80. The summed E-state index contributed by atoms with van der Waals surface area (Å²) in [4.78, 5) is 0. The number of thiocarbonyl (C=S) groups is 1. The Morgan fingerprint density at radius 1 is 1.27 bits per heavy atom. The zero-order valence-corrected chi connectivity index (χ0v) is 12.9. The molecule has 22 heavy (non-hydrogen) atoms. The molecule has 0 saturated carbocycles. The number of hydrogen-bond acceptors (Lipinski definition) is 4. The Morgan fingerprint density at radius 3 is 2.73 bits per heavy atom. The summed E-state index contributed by atoms with van der Waals surface area (Å²) >= 11 is 5.13. The van der Waals surface area contributed by atoms with Crippen molar-refractivity contribution in [2.24, 2.45) is 5.10 Å². The summed E-state index contributed by atoms with van der Waals surface area (Å²) in [5, 5.41) is 17.2. The smallest absolute Gasteiger partial charge is 0.187 e. The van der Waals surface area contributed by atoms with E-state index in [-0.39, 0.29) is 5.75 Å². The van der Waals surface area contributed by atoms with Crippen LogP contribution in [0.1, 0.15) is 11.1 Å². The zero-order valence-electron chi connectivity index (χ0n) is 12.1. The molecule has 2 aromatic carbocycles. The summed E-state index contributed by atoms with van der Waals surface area (Å²) in [6.45, 7) is 0.630. The van der Waals surface area contributed by atoms with Crippen LogP contribution in [0.3, 0.4) is 0 Å². The van der Waals surface area contributed by atoms with Gasteiger partial charge < -0.3 is 15.2 Å². The van der Waals surface area contributed by atoms with Crippen LogP contribution in [0.15, 0.2) is 53.6 Å². The number of hydrazone groups is 1. The molecule has 5 nitrogen and oxygen atoms in total. The normalized spacial score (nSPS) is 10.4. The third-order valence-corrected chi connectivity index (χ3v) is 3.11. The molecule has 0 heterocycles. The van der Waals surface area contributed by atoms with Crippen LogP contribution in [0.4, 0.5) is 0 Å². The van der Waals surface area contributed by atoms with Crippen LogP contribution in [-0.4, -0.2) is 23.5 Å². The first-order valence-corrected chi connectivity index (χ1v) is 7.07. The van der Waals surface area contributed by atoms with Crippen LogP contribution in [0.2, 0.25) is 0 Å². The van der Waals surface area contributed by atoms with E-state index in [0.717, 1.165) is 11.1 Å². The average molecular weight is 315 g/mol. The first-order chi connectivity index (χ1) is 10.7. The Morgan fingerprint density at radius 2 is 2.05 bits per heavy atom. The number of hydrogen-bond donors (Lipinski definition) is 3. The van der Waals surface area contributed by atoms with Crippen LogP contribution >= 0.6 is 12.2 Å². The number of nitrogens with zero attached hydrogens (tertiary/aromatic N) is 1. The fourth-order valence-electron chi connectivity index (χ4n) is 1.77. The van der Waals surface area contributed by atoms with E-state index in [1.54, 1.807) is 24.4 Å². The topological polar surface area (TPSA) is 65.9 Å². The van der Waals surface area contributed by atoms with Crippen LogP contribution in [0.25, 0.3) is 0 Å². The standard InChI is InChI=1S/C16H17N3O2S/c1-21-15-8-7-13(9-14(15)20)11-18-19-16(22)17-10-12-5-3-2-4-6-12/h2-9,11,20H,10H2,1H3,(H2,17,19,22)/b18-11+. The maximum Gasteiger partial charge on any atom is 0.187 e. The monoisotopic (exact) mass is 315 g/mol. The average Bonchev–Trinajstić information content (AvgIpc) is 2.54. The van der Waals surface area contributed by atoms with Gasteiger partial charge in [-0.3, -0.25) is 5.43 Å². The highest BCUT2D eigenvalue weighted by Crippen LogP contribution is 2.25. The molecule has 0 saturated heterocycles. The molecule has 0 aliphatic heterocycles. The van der Waals surface area contributed by atoms with Gasteiger partial charge in [-0.2, -0.15) is 5.10 Å². The third-order valence-electron chi connectivity index (χ3n) is 2.88. The molecule has 2 rings (SSSR count). The maximum atomic E-state index is 9.66. The van der Waals surface area contributed by atoms with Crippen molar-refractivity contribution in [3.8, 4) is 11.5 Å². The van der Waals surface area contributed by atoms with Gasteiger partial charge in [0.1, 0.15) is 0 Å². The molecular weight excluding hydrogens is 298 g/mol. The first-order valence-electron chi connectivity index (χ1n) is 6.67. The Hall–Kier alpha value is -2.60. The summed E-state index contributed by atoms with van der Waals surface area (Å²) in [5.74, 6) is 0.487. The van der Waals surface area contributed by atoms with Gasteiger partial charge in [0.2, 0.25) is 0 Å². The Balaban J connectivity index is 1.81. The van der Waals surface area contributed by atoms with Gasteiger partial charge in [-0.1, -0.05) is 30.3 Å². The number of rotatable bonds is 5. The van der Waals surface area contributed by atoms with E-state index < -0.39 is 0 Å². The number of methoxy groups -OCH3 is 1. The summed E-state index contributed by atoms with van der Waals surface area (Å²) in [6, 6.07) is 15.0. The lowest BCUT2D eigenvalue weighted by atomic mass is 10.2. The minimum atomic E-state index is 0.0660. The maximum absolute atomic E-state index is 9.66. The molecule has 0 unspecified atom stereocenters. The number of nitrogens with one attached hydrogen (secondary N) is 2. The molecule has 0 atom stereocenters. The minimum absolute atomic E-state index is 0.0660. The molecule has 6 heteroatoms. The van der Waals surface area contributed by atoms with Crippen LogP contribution < -0.4 is 15.5 Å². The molecule has 0 fully saturated rings. The van der Waals surface area contributed by atoms with Gasteiger partial charge in [-0.25, -0.2) is 0 Å². The SMILES string of the molecule is COc1ccc(/C=N/NC(=S)NCc2ccccc2)cc1O. The lowest BCUT2D eigenvalue weighted by Gasteiger charge is -2.07. The van der Waals surface area contributed by atoms with Crippen LogP contribution in [-0.2, 0) is 6.54 Å². The van der Waals surface area contributed by atoms with Crippen molar-refractivity contribution in [2.45, 2.75) is 6.54 Å². The first kappa shape index (κ1) is 15.8. The number of aromatic hydroxyl groups is 1. The van der Waals surface area contributed by atoms with E-state index in [9.17, 15) is 5.11 Å². The summed E-state index contributed by atoms with van der Waals surface area (Å²) < 4.78 is 4.98. The van der Waals surface area contributed by atoms with E-state index >= 15 is 0 Å². The van der Waals surface area contributed by atoms with E-state index in [1.807, 2.05) is 30.3 Å². The third kappa shape index (κ3) is 4.75. The van der Waals surface area contributed by atoms with Crippen molar-refractivity contribution in [1.82, 2.24) is 10.7 Å². The molecular formula is C16H17N3O2S. The number of phenolic OH excluding ortho intramolecular Hbond substituents is 1. The van der Waals surface area contributed by atoms with E-state index in [2.05, 4.69) is 15.8 Å². The highest BCUT2D eigenvalue weighted by Gasteiger charge is 2.00. The lowest BCUT2D eigenvalue weighted by Crippen LogP contribution is -2.31. The summed E-state index contributed by atoms with van der Waals surface area (Å²) in [5.41, 5.74) is 4.59. The lowest BCUT2D eigenvalue weighted by molar-refractivity contribution is 0.373. The molecule has 0 radical (unpaired) electrons. The molecule has 0 bridgehead atoms. The van der Waals surface area contributed by atoms with E-state index in [0.29, 0.717) is 17.4 Å². The summed E-state index contributed by atoms with van der Waals surface area (Å²) in [7, 11) is 1.50. The fraction of sp³-hybridized carbons (Fsp3) is 0.125. The molecule has 0 aliphatic carbocycles. The quantitative estimate of drug-likeness (QED) is 0.449. The molecule has 3 N–H and O–H groups in total. The zero-order chi connectivity index (χ0) is 15.8. The van der Waals surface area contributed by atoms with Gasteiger partial charge in [0.15, 0.2) is 16.6 Å². The van der Waals surface area contributed by atoms with Crippen molar-refractivity contribution in [2.75, 3.05) is 7.11 Å². The molecule has 0 aromatic heterocycles. The second-order valence-corrected chi connectivity index (χ2v) is 4.88. The molecule has 0 aliphatic rings. The predicted molar refractivity (Wildman–Crippen MR) is 91.3 cm³/mol. The van der Waals surface area contributed by atoms with E-state index in [1.165, 1.54) is 7.11 Å². The van der Waals surface area contributed by atoms with Crippen molar-refractivity contribution >= 4 is 23.5 Å². The fourth-order valence-corrected chi connectivity index (χ4v) is 1.90. The van der Waals surface area contributed by atoms with Gasteiger partial charge in [0.05, 0.1) is 13.3 Å². The second kappa shape index (κ2) is 7.99. The van der Waals surface area contributed by atoms with E-state index in [4.69, 9.17) is 17.0 Å². The molecule has 0 spiro atoms. The Labute approximate surface area is 134 Å². The second-order valence-electron chi connectivity index (χ2n) is 4.47.